The summed E-state index contributed by atoms with van der Waals surface area (Å²) in [6.07, 6.45) is 1.77. The molecule has 20 heavy (non-hydrogen) atoms. The van der Waals surface area contributed by atoms with Crippen LogP contribution < -0.4 is 0 Å². The first-order chi connectivity index (χ1) is 9.26. The fourth-order valence-corrected chi connectivity index (χ4v) is 2.45. The van der Waals surface area contributed by atoms with E-state index in [0.29, 0.717) is 13.1 Å². The Labute approximate surface area is 118 Å². The van der Waals surface area contributed by atoms with Gasteiger partial charge in [-0.15, -0.1) is 0 Å². The van der Waals surface area contributed by atoms with Crippen LogP contribution in [0.3, 0.4) is 0 Å². The Balaban J connectivity index is 2.03. The Morgan fingerprint density at radius 1 is 1.50 bits per heavy atom. The summed E-state index contributed by atoms with van der Waals surface area (Å²) in [6.45, 7) is 8.63. The van der Waals surface area contributed by atoms with E-state index in [1.165, 1.54) is 12.3 Å². The van der Waals surface area contributed by atoms with E-state index in [0.717, 1.165) is 17.7 Å². The van der Waals surface area contributed by atoms with E-state index in [1.54, 1.807) is 4.90 Å². The highest BCUT2D eigenvalue weighted by molar-refractivity contribution is 5.68. The van der Waals surface area contributed by atoms with Crippen LogP contribution in [0.5, 0.6) is 0 Å². The molecule has 2 rings (SSSR count). The molecule has 0 aliphatic carbocycles. The minimum atomic E-state index is -0.487. The molecule has 0 radical (unpaired) electrons. The van der Waals surface area contributed by atoms with Gasteiger partial charge in [-0.2, -0.15) is 0 Å². The maximum absolute atomic E-state index is 13.1. The quantitative estimate of drug-likeness (QED) is 0.793. The summed E-state index contributed by atoms with van der Waals surface area (Å²) >= 11 is 0. The third kappa shape index (κ3) is 3.46. The van der Waals surface area contributed by atoms with Crippen LogP contribution in [0.2, 0.25) is 0 Å². The molecule has 0 spiro atoms. The second-order valence-electron chi connectivity index (χ2n) is 6.27. The molecule has 1 saturated heterocycles. The van der Waals surface area contributed by atoms with Crippen LogP contribution in [-0.4, -0.2) is 34.7 Å². The largest absolute Gasteiger partial charge is 0.444 e. The van der Waals surface area contributed by atoms with Gasteiger partial charge in [0.05, 0.1) is 6.20 Å². The topological polar surface area (TPSA) is 42.4 Å². The number of nitrogens with zero attached hydrogens (tertiary/aromatic N) is 2. The molecule has 1 atom stereocenters. The lowest BCUT2D eigenvalue weighted by molar-refractivity contribution is 0.0292. The van der Waals surface area contributed by atoms with Crippen molar-refractivity contribution in [3.8, 4) is 0 Å². The first-order valence-electron chi connectivity index (χ1n) is 6.86. The molecule has 0 saturated carbocycles. The number of carbonyl (C=O) groups excluding carboxylic acids is 1. The van der Waals surface area contributed by atoms with Gasteiger partial charge in [0.2, 0.25) is 0 Å². The highest BCUT2D eigenvalue weighted by atomic mass is 19.1. The molecule has 5 heteroatoms. The molecule has 4 nitrogen and oxygen atoms in total. The first-order valence-corrected chi connectivity index (χ1v) is 6.86. The number of aromatic nitrogens is 1. The highest BCUT2D eigenvalue weighted by Gasteiger charge is 2.31. The third-order valence-corrected chi connectivity index (χ3v) is 3.31. The molecule has 0 bridgehead atoms. The van der Waals surface area contributed by atoms with E-state index in [2.05, 4.69) is 4.98 Å². The fraction of sp³-hybridized carbons (Fsp3) is 0.600. The number of ether oxygens (including phenoxy) is 1. The number of rotatable bonds is 1. The maximum Gasteiger partial charge on any atom is 0.410 e. The van der Waals surface area contributed by atoms with Crippen LogP contribution in [0, 0.1) is 12.7 Å². The van der Waals surface area contributed by atoms with Crippen LogP contribution in [-0.2, 0) is 4.74 Å². The molecule has 1 aliphatic rings. The average Bonchev–Trinajstić information content (AvgIpc) is 2.75. The number of likely N-dealkylation sites (tertiary alicyclic amines) is 1. The summed E-state index contributed by atoms with van der Waals surface area (Å²) in [6, 6.07) is 1.48. The van der Waals surface area contributed by atoms with Crippen molar-refractivity contribution in [3.63, 3.8) is 0 Å². The molecular weight excluding hydrogens is 259 g/mol. The monoisotopic (exact) mass is 280 g/mol. The zero-order chi connectivity index (χ0) is 14.9. The lowest BCUT2D eigenvalue weighted by Gasteiger charge is -2.24. The summed E-state index contributed by atoms with van der Waals surface area (Å²) in [4.78, 5) is 17.9. The van der Waals surface area contributed by atoms with E-state index >= 15 is 0 Å². The molecule has 1 aliphatic heterocycles. The fourth-order valence-electron chi connectivity index (χ4n) is 2.45. The third-order valence-electron chi connectivity index (χ3n) is 3.31. The number of aryl methyl sites for hydroxylation is 1. The van der Waals surface area contributed by atoms with E-state index in [-0.39, 0.29) is 17.8 Å². The van der Waals surface area contributed by atoms with Crippen molar-refractivity contribution >= 4 is 6.09 Å². The number of carbonyl (C=O) groups is 1. The molecule has 1 amide bonds. The van der Waals surface area contributed by atoms with Gasteiger partial charge in [-0.05, 0) is 45.7 Å². The molecule has 1 unspecified atom stereocenters. The van der Waals surface area contributed by atoms with Gasteiger partial charge in [-0.1, -0.05) is 0 Å². The van der Waals surface area contributed by atoms with Gasteiger partial charge in [0.1, 0.15) is 11.4 Å². The van der Waals surface area contributed by atoms with Gasteiger partial charge in [0.15, 0.2) is 0 Å². The van der Waals surface area contributed by atoms with E-state index < -0.39 is 5.60 Å². The minimum Gasteiger partial charge on any atom is -0.444 e. The molecule has 1 aromatic heterocycles. The predicted octanol–water partition coefficient (Wildman–Crippen LogP) is 3.25. The lowest BCUT2D eigenvalue weighted by atomic mass is 10.00. The number of hydrogen-bond donors (Lipinski definition) is 0. The van der Waals surface area contributed by atoms with E-state index in [9.17, 15) is 9.18 Å². The summed E-state index contributed by atoms with van der Waals surface area (Å²) in [5, 5.41) is 0. The smallest absolute Gasteiger partial charge is 0.410 e. The van der Waals surface area contributed by atoms with Crippen LogP contribution in [0.25, 0.3) is 0 Å². The Hall–Kier alpha value is -1.65. The molecule has 110 valence electrons. The van der Waals surface area contributed by atoms with Crippen LogP contribution >= 0.6 is 0 Å². The molecule has 0 aromatic carbocycles. The number of amides is 1. The average molecular weight is 280 g/mol. The minimum absolute atomic E-state index is 0.156. The molecule has 0 N–H and O–H groups in total. The molecule has 2 heterocycles. The molecule has 1 aromatic rings. The number of pyridine rings is 1. The summed E-state index contributed by atoms with van der Waals surface area (Å²) in [7, 11) is 0. The van der Waals surface area contributed by atoms with Gasteiger partial charge < -0.3 is 9.64 Å². The van der Waals surface area contributed by atoms with Crippen molar-refractivity contribution in [2.45, 2.75) is 45.6 Å². The Morgan fingerprint density at radius 2 is 2.20 bits per heavy atom. The van der Waals surface area contributed by atoms with Crippen molar-refractivity contribution in [2.24, 2.45) is 0 Å². The summed E-state index contributed by atoms with van der Waals surface area (Å²) < 4.78 is 18.4. The van der Waals surface area contributed by atoms with Crippen LogP contribution in [0.1, 0.15) is 44.4 Å². The number of hydrogen-bond acceptors (Lipinski definition) is 3. The van der Waals surface area contributed by atoms with Gasteiger partial charge in [-0.25, -0.2) is 9.18 Å². The van der Waals surface area contributed by atoms with Gasteiger partial charge in [-0.3, -0.25) is 4.98 Å². The second kappa shape index (κ2) is 5.38. The highest BCUT2D eigenvalue weighted by Crippen LogP contribution is 2.29. The second-order valence-corrected chi connectivity index (χ2v) is 6.27. The van der Waals surface area contributed by atoms with Crippen molar-refractivity contribution in [1.82, 2.24) is 9.88 Å². The predicted molar refractivity (Wildman–Crippen MR) is 74.1 cm³/mol. The molecular formula is C15H21FN2O2. The Bertz CT molecular complexity index is 511. The number of halogens is 1. The van der Waals surface area contributed by atoms with Crippen molar-refractivity contribution in [1.29, 1.82) is 0 Å². The first kappa shape index (κ1) is 14.8. The summed E-state index contributed by atoms with van der Waals surface area (Å²) in [5.74, 6) is -0.170. The molecule has 1 fully saturated rings. The van der Waals surface area contributed by atoms with E-state index in [1.807, 2.05) is 27.7 Å². The summed E-state index contributed by atoms with van der Waals surface area (Å²) in [5.41, 5.74) is 1.22. The van der Waals surface area contributed by atoms with E-state index in [4.69, 9.17) is 4.74 Å². The van der Waals surface area contributed by atoms with Crippen molar-refractivity contribution < 1.29 is 13.9 Å². The van der Waals surface area contributed by atoms with Crippen LogP contribution in [0.4, 0.5) is 9.18 Å². The zero-order valence-corrected chi connectivity index (χ0v) is 12.4. The lowest BCUT2D eigenvalue weighted by Crippen LogP contribution is -2.35. The Kier molecular flexibility index (Phi) is 3.97. The van der Waals surface area contributed by atoms with Crippen LogP contribution in [0.15, 0.2) is 12.3 Å². The van der Waals surface area contributed by atoms with Crippen molar-refractivity contribution in [3.05, 3.63) is 29.3 Å². The SMILES string of the molecule is Cc1cc(F)cnc1C1CCN(C(=O)OC(C)(C)C)C1. The van der Waals surface area contributed by atoms with Gasteiger partial charge >= 0.3 is 6.09 Å². The van der Waals surface area contributed by atoms with Gasteiger partial charge in [0, 0.05) is 24.7 Å². The normalized spacial score (nSPS) is 19.2. The standard InChI is InChI=1S/C15H21FN2O2/c1-10-7-12(16)8-17-13(10)11-5-6-18(9-11)14(19)20-15(2,3)4/h7-8,11H,5-6,9H2,1-4H3. The van der Waals surface area contributed by atoms with Crippen molar-refractivity contribution in [2.75, 3.05) is 13.1 Å². The Morgan fingerprint density at radius 3 is 2.80 bits per heavy atom. The zero-order valence-electron chi connectivity index (χ0n) is 12.4. The maximum atomic E-state index is 13.1. The van der Waals surface area contributed by atoms with Gasteiger partial charge in [0.25, 0.3) is 0 Å².